The molecule has 1 saturated heterocycles. The summed E-state index contributed by atoms with van der Waals surface area (Å²) in [5.74, 6) is -1.36. The van der Waals surface area contributed by atoms with Crippen LogP contribution in [-0.4, -0.2) is 58.4 Å². The Morgan fingerprint density at radius 2 is 2.04 bits per heavy atom. The predicted molar refractivity (Wildman–Crippen MR) is 104 cm³/mol. The molecule has 2 amide bonds. The lowest BCUT2D eigenvalue weighted by atomic mass is 10.1. The average Bonchev–Trinajstić information content (AvgIpc) is 2.93. The Morgan fingerprint density at radius 1 is 1.25 bits per heavy atom. The second-order valence-corrected chi connectivity index (χ2v) is 7.25. The second kappa shape index (κ2) is 8.46. The zero-order chi connectivity index (χ0) is 20.3. The maximum atomic E-state index is 13.1. The minimum Gasteiger partial charge on any atom is -0.480 e. The van der Waals surface area contributed by atoms with Crippen molar-refractivity contribution in [2.45, 2.75) is 45.6 Å². The lowest BCUT2D eigenvalue weighted by Crippen LogP contribution is -2.43. The maximum absolute atomic E-state index is 13.1. The van der Waals surface area contributed by atoms with Crippen molar-refractivity contribution in [2.75, 3.05) is 19.6 Å². The number of rotatable bonds is 5. The summed E-state index contributed by atoms with van der Waals surface area (Å²) in [4.78, 5) is 39.2. The molecule has 1 unspecified atom stereocenters. The SMILES string of the molecule is CCc1ccc2occ(C(=O)N3CCCC(N(CC(=O)O)C(C)=O)CC3)c2c1. The van der Waals surface area contributed by atoms with Crippen molar-refractivity contribution in [1.29, 1.82) is 0 Å². The van der Waals surface area contributed by atoms with Crippen LogP contribution in [0.4, 0.5) is 0 Å². The van der Waals surface area contributed by atoms with Crippen LogP contribution < -0.4 is 0 Å². The molecule has 1 N–H and O–H groups in total. The fourth-order valence-electron chi connectivity index (χ4n) is 3.87. The number of aliphatic carboxylic acids is 1. The van der Waals surface area contributed by atoms with Gasteiger partial charge in [0.15, 0.2) is 0 Å². The largest absolute Gasteiger partial charge is 0.480 e. The number of carboxylic acid groups (broad SMARTS) is 1. The molecule has 1 aromatic heterocycles. The van der Waals surface area contributed by atoms with Crippen LogP contribution >= 0.6 is 0 Å². The number of amides is 2. The first-order chi connectivity index (χ1) is 13.4. The number of likely N-dealkylation sites (tertiary alicyclic amines) is 1. The number of aryl methyl sites for hydroxylation is 1. The summed E-state index contributed by atoms with van der Waals surface area (Å²) in [6, 6.07) is 5.71. The van der Waals surface area contributed by atoms with Gasteiger partial charge >= 0.3 is 5.97 Å². The first kappa shape index (κ1) is 19.9. The van der Waals surface area contributed by atoms with E-state index in [9.17, 15) is 14.4 Å². The third-order valence-corrected chi connectivity index (χ3v) is 5.41. The van der Waals surface area contributed by atoms with E-state index in [1.165, 1.54) is 18.1 Å². The summed E-state index contributed by atoms with van der Waals surface area (Å²) in [6.07, 6.45) is 4.36. The Hall–Kier alpha value is -2.83. The van der Waals surface area contributed by atoms with Crippen LogP contribution in [0.1, 0.15) is 49.0 Å². The minimum absolute atomic E-state index is 0.0831. The third kappa shape index (κ3) is 4.18. The van der Waals surface area contributed by atoms with Gasteiger partial charge in [-0.3, -0.25) is 14.4 Å². The van der Waals surface area contributed by atoms with Crippen LogP contribution in [0.3, 0.4) is 0 Å². The van der Waals surface area contributed by atoms with Gasteiger partial charge in [-0.2, -0.15) is 0 Å². The molecule has 1 fully saturated rings. The number of furan rings is 1. The fourth-order valence-corrected chi connectivity index (χ4v) is 3.87. The molecule has 2 heterocycles. The lowest BCUT2D eigenvalue weighted by molar-refractivity contribution is -0.145. The van der Waals surface area contributed by atoms with Gasteiger partial charge in [0.05, 0.1) is 5.56 Å². The number of carbonyl (C=O) groups is 3. The number of carbonyl (C=O) groups excluding carboxylic acids is 2. The fraction of sp³-hybridized carbons (Fsp3) is 0.476. The summed E-state index contributed by atoms with van der Waals surface area (Å²) in [7, 11) is 0. The summed E-state index contributed by atoms with van der Waals surface area (Å²) >= 11 is 0. The number of nitrogens with zero attached hydrogens (tertiary/aromatic N) is 2. The zero-order valence-electron chi connectivity index (χ0n) is 16.3. The molecule has 0 saturated carbocycles. The van der Waals surface area contributed by atoms with Gasteiger partial charge in [0.25, 0.3) is 5.91 Å². The smallest absolute Gasteiger partial charge is 0.323 e. The van der Waals surface area contributed by atoms with Crippen molar-refractivity contribution in [1.82, 2.24) is 9.80 Å². The topological polar surface area (TPSA) is 91.1 Å². The van der Waals surface area contributed by atoms with Crippen molar-refractivity contribution in [3.63, 3.8) is 0 Å². The van der Waals surface area contributed by atoms with Gasteiger partial charge in [0.2, 0.25) is 5.91 Å². The quantitative estimate of drug-likeness (QED) is 0.853. The van der Waals surface area contributed by atoms with E-state index < -0.39 is 5.97 Å². The van der Waals surface area contributed by atoms with Crippen LogP contribution in [0.25, 0.3) is 11.0 Å². The highest BCUT2D eigenvalue weighted by Crippen LogP contribution is 2.26. The lowest BCUT2D eigenvalue weighted by Gasteiger charge is -2.28. The van der Waals surface area contributed by atoms with Gasteiger partial charge < -0.3 is 19.3 Å². The monoisotopic (exact) mass is 386 g/mol. The van der Waals surface area contributed by atoms with Crippen molar-refractivity contribution in [2.24, 2.45) is 0 Å². The van der Waals surface area contributed by atoms with E-state index in [2.05, 4.69) is 6.92 Å². The molecule has 28 heavy (non-hydrogen) atoms. The number of hydrogen-bond donors (Lipinski definition) is 1. The minimum atomic E-state index is -1.02. The highest BCUT2D eigenvalue weighted by molar-refractivity contribution is 6.06. The van der Waals surface area contributed by atoms with Crippen molar-refractivity contribution in [3.05, 3.63) is 35.6 Å². The van der Waals surface area contributed by atoms with E-state index >= 15 is 0 Å². The molecule has 3 rings (SSSR count). The van der Waals surface area contributed by atoms with Crippen molar-refractivity contribution >= 4 is 28.8 Å². The molecule has 7 heteroatoms. The average molecular weight is 386 g/mol. The molecule has 1 aliphatic rings. The van der Waals surface area contributed by atoms with E-state index in [1.54, 1.807) is 4.90 Å². The standard InChI is InChI=1S/C21H26N2O5/c1-3-15-6-7-19-17(11-15)18(13-28-19)21(27)22-9-4-5-16(8-10-22)23(14(2)24)12-20(25)26/h6-7,11,13,16H,3-5,8-10,12H2,1-2H3,(H,25,26). The first-order valence-electron chi connectivity index (χ1n) is 9.69. The summed E-state index contributed by atoms with van der Waals surface area (Å²) in [5.41, 5.74) is 2.39. The number of carboxylic acids is 1. The number of fused-ring (bicyclic) bond motifs is 1. The summed E-state index contributed by atoms with van der Waals surface area (Å²) in [6.45, 7) is 4.21. The second-order valence-electron chi connectivity index (χ2n) is 7.25. The molecular formula is C21H26N2O5. The Labute approximate surface area is 163 Å². The maximum Gasteiger partial charge on any atom is 0.323 e. The number of hydrogen-bond acceptors (Lipinski definition) is 4. The van der Waals surface area contributed by atoms with Gasteiger partial charge in [-0.15, -0.1) is 0 Å². The molecule has 1 atom stereocenters. The van der Waals surface area contributed by atoms with Gasteiger partial charge in [0, 0.05) is 31.4 Å². The third-order valence-electron chi connectivity index (χ3n) is 5.41. The zero-order valence-corrected chi connectivity index (χ0v) is 16.3. The predicted octanol–water partition coefficient (Wildman–Crippen LogP) is 2.92. The molecule has 0 bridgehead atoms. The van der Waals surface area contributed by atoms with Crippen LogP contribution in [0.5, 0.6) is 0 Å². The van der Waals surface area contributed by atoms with E-state index in [0.29, 0.717) is 37.1 Å². The van der Waals surface area contributed by atoms with Crippen LogP contribution in [0.15, 0.2) is 28.9 Å². The Balaban J connectivity index is 1.76. The normalized spacial score (nSPS) is 17.4. The molecule has 1 aliphatic heterocycles. The van der Waals surface area contributed by atoms with E-state index in [1.807, 2.05) is 18.2 Å². The Morgan fingerprint density at radius 3 is 2.71 bits per heavy atom. The van der Waals surface area contributed by atoms with Crippen molar-refractivity contribution < 1.29 is 23.9 Å². The van der Waals surface area contributed by atoms with Gasteiger partial charge in [-0.05, 0) is 43.4 Å². The molecule has 1 aromatic carbocycles. The number of benzene rings is 1. The molecule has 150 valence electrons. The molecular weight excluding hydrogens is 360 g/mol. The van der Waals surface area contributed by atoms with Crippen molar-refractivity contribution in [3.8, 4) is 0 Å². The van der Waals surface area contributed by atoms with Gasteiger partial charge in [-0.1, -0.05) is 13.0 Å². The van der Waals surface area contributed by atoms with E-state index in [-0.39, 0.29) is 24.4 Å². The van der Waals surface area contributed by atoms with E-state index in [4.69, 9.17) is 9.52 Å². The Bertz CT molecular complexity index is 888. The molecule has 0 spiro atoms. The molecule has 7 nitrogen and oxygen atoms in total. The first-order valence-corrected chi connectivity index (χ1v) is 9.69. The van der Waals surface area contributed by atoms with Crippen LogP contribution in [-0.2, 0) is 16.0 Å². The molecule has 0 aliphatic carbocycles. The summed E-state index contributed by atoms with van der Waals surface area (Å²) < 4.78 is 5.56. The molecule has 2 aromatic rings. The van der Waals surface area contributed by atoms with Crippen LogP contribution in [0.2, 0.25) is 0 Å². The van der Waals surface area contributed by atoms with Crippen LogP contribution in [0, 0.1) is 0 Å². The highest BCUT2D eigenvalue weighted by atomic mass is 16.4. The highest BCUT2D eigenvalue weighted by Gasteiger charge is 2.29. The summed E-state index contributed by atoms with van der Waals surface area (Å²) in [5, 5.41) is 9.89. The van der Waals surface area contributed by atoms with Gasteiger partial charge in [0.1, 0.15) is 18.4 Å². The van der Waals surface area contributed by atoms with Gasteiger partial charge in [-0.25, -0.2) is 0 Å². The molecule has 0 radical (unpaired) electrons. The Kier molecular flexibility index (Phi) is 6.02. The van der Waals surface area contributed by atoms with E-state index in [0.717, 1.165) is 23.8 Å².